The molecule has 2 aliphatic rings. The largest absolute Gasteiger partial charge is 0.361 e. The van der Waals surface area contributed by atoms with Gasteiger partial charge in [-0.25, -0.2) is 4.79 Å². The number of aromatic nitrogens is 2. The summed E-state index contributed by atoms with van der Waals surface area (Å²) in [5.74, 6) is 0.685. The Hall–Kier alpha value is -3.23. The van der Waals surface area contributed by atoms with Crippen molar-refractivity contribution in [3.05, 3.63) is 47.6 Å². The number of imide groups is 1. The molecule has 1 N–H and O–H groups in total. The standard InChI is InChI=1S/C25H33N5O4/c1-4-20-15-21(28-34-20)22(31)29-13-9-18(10-14-29)25(11-8-17(2)3)23(32)30(24(33)27-25)16-19-7-5-6-12-26-19/h5-7,12,15,17-18H,4,8-11,13-14,16H2,1-3H3,(H,27,33)/t25-/m0/s1. The van der Waals surface area contributed by atoms with E-state index in [9.17, 15) is 14.4 Å². The smallest absolute Gasteiger partial charge is 0.325 e. The molecule has 4 rings (SSSR count). The number of amides is 4. The van der Waals surface area contributed by atoms with E-state index in [2.05, 4.69) is 29.3 Å². The van der Waals surface area contributed by atoms with Crippen LogP contribution in [0.3, 0.4) is 0 Å². The van der Waals surface area contributed by atoms with Crippen LogP contribution in [-0.4, -0.2) is 56.4 Å². The number of rotatable bonds is 8. The average Bonchev–Trinajstić information content (AvgIpc) is 3.42. The van der Waals surface area contributed by atoms with Gasteiger partial charge < -0.3 is 14.7 Å². The van der Waals surface area contributed by atoms with Crippen molar-refractivity contribution >= 4 is 17.8 Å². The Morgan fingerprint density at radius 3 is 2.65 bits per heavy atom. The molecule has 9 heteroatoms. The second-order valence-electron chi connectivity index (χ2n) is 9.64. The first kappa shape index (κ1) is 23.9. The molecule has 2 saturated heterocycles. The maximum Gasteiger partial charge on any atom is 0.325 e. The van der Waals surface area contributed by atoms with E-state index in [4.69, 9.17) is 4.52 Å². The molecule has 0 radical (unpaired) electrons. The minimum absolute atomic E-state index is 0.0519. The van der Waals surface area contributed by atoms with E-state index in [1.807, 2.05) is 19.1 Å². The lowest BCUT2D eigenvalue weighted by Crippen LogP contribution is -2.56. The Kier molecular flexibility index (Phi) is 7.00. The zero-order valence-electron chi connectivity index (χ0n) is 20.1. The second-order valence-corrected chi connectivity index (χ2v) is 9.64. The topological polar surface area (TPSA) is 109 Å². The van der Waals surface area contributed by atoms with Crippen LogP contribution < -0.4 is 5.32 Å². The molecule has 2 aromatic heterocycles. The summed E-state index contributed by atoms with van der Waals surface area (Å²) in [5.41, 5.74) is 0.0379. The first-order valence-electron chi connectivity index (χ1n) is 12.1. The first-order chi connectivity index (χ1) is 16.3. The summed E-state index contributed by atoms with van der Waals surface area (Å²) < 4.78 is 5.18. The number of urea groups is 1. The van der Waals surface area contributed by atoms with Crippen molar-refractivity contribution in [2.24, 2.45) is 11.8 Å². The predicted octanol–water partition coefficient (Wildman–Crippen LogP) is 3.41. The van der Waals surface area contributed by atoms with Crippen LogP contribution in [0.4, 0.5) is 4.79 Å². The van der Waals surface area contributed by atoms with E-state index in [1.165, 1.54) is 4.90 Å². The van der Waals surface area contributed by atoms with Crippen molar-refractivity contribution in [3.8, 4) is 0 Å². The van der Waals surface area contributed by atoms with E-state index in [1.54, 1.807) is 23.2 Å². The minimum atomic E-state index is -0.950. The van der Waals surface area contributed by atoms with Gasteiger partial charge in [0, 0.05) is 31.8 Å². The summed E-state index contributed by atoms with van der Waals surface area (Å²) in [6.45, 7) is 7.34. The highest BCUT2D eigenvalue weighted by Gasteiger charge is 2.55. The molecular formula is C25H33N5O4. The van der Waals surface area contributed by atoms with Crippen LogP contribution in [0.5, 0.6) is 0 Å². The summed E-state index contributed by atoms with van der Waals surface area (Å²) in [6, 6.07) is 6.78. The molecule has 0 aromatic carbocycles. The van der Waals surface area contributed by atoms with E-state index >= 15 is 0 Å². The molecule has 0 aliphatic carbocycles. The van der Waals surface area contributed by atoms with Crippen LogP contribution in [-0.2, 0) is 17.8 Å². The normalized spacial score (nSPS) is 21.4. The quantitative estimate of drug-likeness (QED) is 0.596. The van der Waals surface area contributed by atoms with Gasteiger partial charge in [-0.3, -0.25) is 19.5 Å². The van der Waals surface area contributed by atoms with Crippen LogP contribution in [0.2, 0.25) is 0 Å². The third-order valence-electron chi connectivity index (χ3n) is 6.97. The van der Waals surface area contributed by atoms with Gasteiger partial charge in [0.25, 0.3) is 11.8 Å². The number of nitrogens with one attached hydrogen (secondary N) is 1. The highest BCUT2D eigenvalue weighted by atomic mass is 16.5. The van der Waals surface area contributed by atoms with E-state index in [-0.39, 0.29) is 30.3 Å². The molecule has 2 aromatic rings. The number of hydrogen-bond donors (Lipinski definition) is 1. The number of aryl methyl sites for hydroxylation is 1. The van der Waals surface area contributed by atoms with Gasteiger partial charge in [0.15, 0.2) is 5.69 Å². The van der Waals surface area contributed by atoms with Crippen molar-refractivity contribution in [2.45, 2.75) is 65.0 Å². The van der Waals surface area contributed by atoms with E-state index in [0.29, 0.717) is 61.8 Å². The molecule has 0 saturated carbocycles. The molecule has 0 spiro atoms. The molecule has 182 valence electrons. The Labute approximate surface area is 199 Å². The molecule has 4 heterocycles. The van der Waals surface area contributed by atoms with E-state index in [0.717, 1.165) is 6.42 Å². The number of pyridine rings is 1. The maximum atomic E-state index is 13.7. The lowest BCUT2D eigenvalue weighted by Gasteiger charge is -2.41. The van der Waals surface area contributed by atoms with Gasteiger partial charge >= 0.3 is 6.03 Å². The number of hydrogen-bond acceptors (Lipinski definition) is 6. The SMILES string of the molecule is CCc1cc(C(=O)N2CCC([C@]3(CCC(C)C)NC(=O)N(Cc4ccccn4)C3=O)CC2)no1. The van der Waals surface area contributed by atoms with Crippen LogP contribution >= 0.6 is 0 Å². The zero-order valence-corrected chi connectivity index (χ0v) is 20.1. The zero-order chi connectivity index (χ0) is 24.3. The first-order valence-corrected chi connectivity index (χ1v) is 12.1. The number of likely N-dealkylation sites (tertiary alicyclic amines) is 1. The number of nitrogens with zero attached hydrogens (tertiary/aromatic N) is 4. The second kappa shape index (κ2) is 9.95. The van der Waals surface area contributed by atoms with Crippen molar-refractivity contribution < 1.29 is 18.9 Å². The van der Waals surface area contributed by atoms with Gasteiger partial charge in [-0.2, -0.15) is 0 Å². The van der Waals surface area contributed by atoms with Crippen LogP contribution in [0.15, 0.2) is 35.0 Å². The highest BCUT2D eigenvalue weighted by molar-refractivity contribution is 6.07. The molecule has 2 aliphatic heterocycles. The van der Waals surface area contributed by atoms with Gasteiger partial charge in [0.2, 0.25) is 0 Å². The van der Waals surface area contributed by atoms with Crippen LogP contribution in [0.1, 0.15) is 68.4 Å². The molecule has 9 nitrogen and oxygen atoms in total. The highest BCUT2D eigenvalue weighted by Crippen LogP contribution is 2.38. The van der Waals surface area contributed by atoms with Gasteiger partial charge in [-0.15, -0.1) is 0 Å². The molecule has 2 fully saturated rings. The number of piperidine rings is 1. The van der Waals surface area contributed by atoms with Gasteiger partial charge in [-0.1, -0.05) is 32.0 Å². The molecule has 0 unspecified atom stereocenters. The van der Waals surface area contributed by atoms with Crippen molar-refractivity contribution in [3.63, 3.8) is 0 Å². The lowest BCUT2D eigenvalue weighted by atomic mass is 9.73. The monoisotopic (exact) mass is 467 g/mol. The molecule has 34 heavy (non-hydrogen) atoms. The molecule has 4 amide bonds. The van der Waals surface area contributed by atoms with Gasteiger partial charge in [0.1, 0.15) is 11.3 Å². The predicted molar refractivity (Wildman–Crippen MR) is 125 cm³/mol. The number of carbonyl (C=O) groups is 3. The maximum absolute atomic E-state index is 13.7. The number of carbonyl (C=O) groups excluding carboxylic acids is 3. The van der Waals surface area contributed by atoms with Crippen molar-refractivity contribution in [1.29, 1.82) is 0 Å². The lowest BCUT2D eigenvalue weighted by molar-refractivity contribution is -0.134. The summed E-state index contributed by atoms with van der Waals surface area (Å²) in [6.07, 6.45) is 5.00. The summed E-state index contributed by atoms with van der Waals surface area (Å²) in [5, 5.41) is 6.98. The Bertz CT molecular complexity index is 1030. The summed E-state index contributed by atoms with van der Waals surface area (Å²) >= 11 is 0. The van der Waals surface area contributed by atoms with Crippen LogP contribution in [0.25, 0.3) is 0 Å². The van der Waals surface area contributed by atoms with E-state index < -0.39 is 5.54 Å². The van der Waals surface area contributed by atoms with Gasteiger partial charge in [0.05, 0.1) is 12.2 Å². The Balaban J connectivity index is 1.49. The fraction of sp³-hybridized carbons (Fsp3) is 0.560. The Morgan fingerprint density at radius 2 is 2.03 bits per heavy atom. The third kappa shape index (κ3) is 4.69. The average molecular weight is 468 g/mol. The molecule has 0 bridgehead atoms. The minimum Gasteiger partial charge on any atom is -0.361 e. The fourth-order valence-electron chi connectivity index (χ4n) is 4.93. The van der Waals surface area contributed by atoms with Crippen LogP contribution in [0, 0.1) is 11.8 Å². The summed E-state index contributed by atoms with van der Waals surface area (Å²) in [7, 11) is 0. The molecule has 1 atom stereocenters. The fourth-order valence-corrected chi connectivity index (χ4v) is 4.93. The van der Waals surface area contributed by atoms with Crippen molar-refractivity contribution in [1.82, 2.24) is 25.3 Å². The van der Waals surface area contributed by atoms with Gasteiger partial charge in [-0.05, 0) is 49.7 Å². The molecular weight excluding hydrogens is 434 g/mol. The van der Waals surface area contributed by atoms with Crippen molar-refractivity contribution in [2.75, 3.05) is 13.1 Å². The Morgan fingerprint density at radius 1 is 1.26 bits per heavy atom. The summed E-state index contributed by atoms with van der Waals surface area (Å²) in [4.78, 5) is 46.9. The third-order valence-corrected chi connectivity index (χ3v) is 6.97.